The zero-order valence-corrected chi connectivity index (χ0v) is 19.7. The summed E-state index contributed by atoms with van der Waals surface area (Å²) in [6, 6.07) is 8.57. The maximum absolute atomic E-state index is 13.0. The lowest BCUT2D eigenvalue weighted by molar-refractivity contribution is -0.128. The Balaban J connectivity index is 1.51. The second kappa shape index (κ2) is 8.30. The first kappa shape index (κ1) is 21.6. The SMILES string of the molecule is CN(C)CCOc1ccc([C@H]2C[C@]3(C)C(=O)CC[C@H]3[C@@H]3CCC4=CC(=O)CCC4=C32)cc1. The highest BCUT2D eigenvalue weighted by Gasteiger charge is 2.56. The van der Waals surface area contributed by atoms with Gasteiger partial charge in [0, 0.05) is 30.7 Å². The number of likely N-dealkylation sites (N-methyl/N-ethyl adjacent to an activating group) is 1. The van der Waals surface area contributed by atoms with E-state index in [0.717, 1.165) is 50.8 Å². The summed E-state index contributed by atoms with van der Waals surface area (Å²) < 4.78 is 5.92. The van der Waals surface area contributed by atoms with E-state index >= 15 is 0 Å². The summed E-state index contributed by atoms with van der Waals surface area (Å²) in [6.07, 6.45) is 8.13. The molecule has 170 valence electrons. The number of fused-ring (bicyclic) bond motifs is 4. The number of carbonyl (C=O) groups excluding carboxylic acids is 2. The summed E-state index contributed by atoms with van der Waals surface area (Å²) in [5.41, 5.74) is 5.34. The Bertz CT molecular complexity index is 986. The molecule has 0 saturated heterocycles. The third-order valence-corrected chi connectivity index (χ3v) is 8.53. The quantitative estimate of drug-likeness (QED) is 0.648. The number of ketones is 2. The van der Waals surface area contributed by atoms with Crippen molar-refractivity contribution in [3.8, 4) is 5.75 Å². The molecule has 4 atom stereocenters. The zero-order chi connectivity index (χ0) is 22.5. The van der Waals surface area contributed by atoms with Crippen molar-refractivity contribution < 1.29 is 14.3 Å². The van der Waals surface area contributed by atoms with Crippen molar-refractivity contribution in [2.24, 2.45) is 17.3 Å². The number of benzene rings is 1. The van der Waals surface area contributed by atoms with Crippen LogP contribution in [0, 0.1) is 17.3 Å². The molecule has 0 bridgehead atoms. The van der Waals surface area contributed by atoms with Gasteiger partial charge in [0.05, 0.1) is 0 Å². The maximum Gasteiger partial charge on any atom is 0.156 e. The van der Waals surface area contributed by atoms with Crippen LogP contribution in [-0.4, -0.2) is 43.7 Å². The molecule has 4 heteroatoms. The monoisotopic (exact) mass is 433 g/mol. The largest absolute Gasteiger partial charge is 0.492 e. The van der Waals surface area contributed by atoms with Gasteiger partial charge >= 0.3 is 0 Å². The summed E-state index contributed by atoms with van der Waals surface area (Å²) in [5, 5.41) is 0. The van der Waals surface area contributed by atoms with E-state index in [9.17, 15) is 9.59 Å². The van der Waals surface area contributed by atoms with E-state index in [4.69, 9.17) is 4.74 Å². The number of hydrogen-bond donors (Lipinski definition) is 0. The Labute approximate surface area is 191 Å². The molecule has 1 aromatic rings. The van der Waals surface area contributed by atoms with Crippen molar-refractivity contribution in [1.29, 1.82) is 0 Å². The van der Waals surface area contributed by atoms with Gasteiger partial charge in [-0.2, -0.15) is 0 Å². The lowest BCUT2D eigenvalue weighted by Crippen LogP contribution is -2.43. The summed E-state index contributed by atoms with van der Waals surface area (Å²) in [6.45, 7) is 3.79. The van der Waals surface area contributed by atoms with Gasteiger partial charge in [-0.3, -0.25) is 9.59 Å². The Morgan fingerprint density at radius 3 is 2.56 bits per heavy atom. The summed E-state index contributed by atoms with van der Waals surface area (Å²) in [7, 11) is 4.09. The van der Waals surface area contributed by atoms with Crippen LogP contribution in [0.5, 0.6) is 5.75 Å². The molecule has 1 aromatic carbocycles. The average Bonchev–Trinajstić information content (AvgIpc) is 3.07. The van der Waals surface area contributed by atoms with Crippen LogP contribution in [0.1, 0.15) is 63.4 Å². The minimum Gasteiger partial charge on any atom is -0.492 e. The molecule has 4 aliphatic carbocycles. The normalized spacial score (nSPS) is 31.9. The van der Waals surface area contributed by atoms with Gasteiger partial charge in [-0.15, -0.1) is 0 Å². The third-order valence-electron chi connectivity index (χ3n) is 8.53. The van der Waals surface area contributed by atoms with E-state index in [-0.39, 0.29) is 17.1 Å². The van der Waals surface area contributed by atoms with Crippen molar-refractivity contribution in [3.05, 3.63) is 52.6 Å². The third kappa shape index (κ3) is 3.67. The summed E-state index contributed by atoms with van der Waals surface area (Å²) in [4.78, 5) is 27.3. The molecular formula is C28H35NO3. The first-order chi connectivity index (χ1) is 15.4. The average molecular weight is 434 g/mol. The van der Waals surface area contributed by atoms with Crippen LogP contribution in [-0.2, 0) is 9.59 Å². The second-order valence-corrected chi connectivity index (χ2v) is 10.7. The molecular weight excluding hydrogens is 398 g/mol. The van der Waals surface area contributed by atoms with Crippen molar-refractivity contribution >= 4 is 11.6 Å². The molecule has 4 nitrogen and oxygen atoms in total. The van der Waals surface area contributed by atoms with Crippen LogP contribution in [0.4, 0.5) is 0 Å². The van der Waals surface area contributed by atoms with Gasteiger partial charge in [0.15, 0.2) is 5.78 Å². The minimum atomic E-state index is -0.216. The molecule has 2 fully saturated rings. The number of rotatable bonds is 5. The predicted molar refractivity (Wildman–Crippen MR) is 126 cm³/mol. The lowest BCUT2D eigenvalue weighted by atomic mass is 9.53. The molecule has 0 spiro atoms. The molecule has 0 aromatic heterocycles. The van der Waals surface area contributed by atoms with Crippen LogP contribution < -0.4 is 4.74 Å². The van der Waals surface area contributed by atoms with Gasteiger partial charge in [0.25, 0.3) is 0 Å². The van der Waals surface area contributed by atoms with E-state index < -0.39 is 0 Å². The molecule has 0 aliphatic heterocycles. The number of hydrogen-bond acceptors (Lipinski definition) is 4. The van der Waals surface area contributed by atoms with Gasteiger partial charge in [-0.05, 0) is 93.0 Å². The fraction of sp³-hybridized carbons (Fsp3) is 0.571. The molecule has 5 rings (SSSR count). The second-order valence-electron chi connectivity index (χ2n) is 10.7. The van der Waals surface area contributed by atoms with Crippen LogP contribution in [0.3, 0.4) is 0 Å². The van der Waals surface area contributed by atoms with Crippen molar-refractivity contribution in [2.75, 3.05) is 27.2 Å². The van der Waals surface area contributed by atoms with Crippen LogP contribution in [0.25, 0.3) is 0 Å². The number of nitrogens with zero attached hydrogens (tertiary/aromatic N) is 1. The highest BCUT2D eigenvalue weighted by molar-refractivity contribution is 5.93. The van der Waals surface area contributed by atoms with Gasteiger partial charge in [0.1, 0.15) is 18.1 Å². The summed E-state index contributed by atoms with van der Waals surface area (Å²) >= 11 is 0. The molecule has 0 heterocycles. The smallest absolute Gasteiger partial charge is 0.156 e. The standard InChI is InChI=1S/C28H35NO3/c1-28-17-24(18-4-8-21(9-5-18)32-15-14-29(2)3)27-22-11-7-20(30)16-19(22)6-10-23(27)25(28)12-13-26(28)31/h4-5,8-9,16,23-25H,6-7,10-15,17H2,1-3H3/t23-,24+,25-,28-/m0/s1. The fourth-order valence-electron chi connectivity index (χ4n) is 6.87. The number of Topliss-reactive ketones (excluding diaryl/α,β-unsaturated/α-hetero) is 1. The Morgan fingerprint density at radius 2 is 1.81 bits per heavy atom. The highest BCUT2D eigenvalue weighted by atomic mass is 16.5. The Hall–Kier alpha value is -2.20. The van der Waals surface area contributed by atoms with Crippen LogP contribution in [0.15, 0.2) is 47.1 Å². The van der Waals surface area contributed by atoms with Crippen molar-refractivity contribution in [2.45, 2.75) is 57.8 Å². The van der Waals surface area contributed by atoms with Crippen molar-refractivity contribution in [3.63, 3.8) is 0 Å². The molecule has 2 saturated carbocycles. The zero-order valence-electron chi connectivity index (χ0n) is 19.7. The maximum atomic E-state index is 13.0. The van der Waals surface area contributed by atoms with Gasteiger partial charge in [-0.25, -0.2) is 0 Å². The first-order valence-electron chi connectivity index (χ1n) is 12.2. The first-order valence-corrected chi connectivity index (χ1v) is 12.2. The predicted octanol–water partition coefficient (Wildman–Crippen LogP) is 5.10. The Morgan fingerprint density at radius 1 is 1.03 bits per heavy atom. The van der Waals surface area contributed by atoms with Gasteiger partial charge in [0.2, 0.25) is 0 Å². The molecule has 4 aliphatic rings. The van der Waals surface area contributed by atoms with E-state index in [1.165, 1.54) is 16.7 Å². The van der Waals surface area contributed by atoms with E-state index in [0.29, 0.717) is 30.6 Å². The Kier molecular flexibility index (Phi) is 5.61. The molecule has 0 unspecified atom stereocenters. The molecule has 0 radical (unpaired) electrons. The topological polar surface area (TPSA) is 46.6 Å². The fourth-order valence-corrected chi connectivity index (χ4v) is 6.87. The van der Waals surface area contributed by atoms with Gasteiger partial charge in [-0.1, -0.05) is 24.6 Å². The summed E-state index contributed by atoms with van der Waals surface area (Å²) in [5.74, 6) is 2.82. The van der Waals surface area contributed by atoms with E-state index in [2.05, 4.69) is 36.1 Å². The van der Waals surface area contributed by atoms with E-state index in [1.54, 1.807) is 5.57 Å². The van der Waals surface area contributed by atoms with E-state index in [1.807, 2.05) is 20.2 Å². The van der Waals surface area contributed by atoms with Crippen LogP contribution >= 0.6 is 0 Å². The molecule has 0 N–H and O–H groups in total. The lowest BCUT2D eigenvalue weighted by Gasteiger charge is -2.50. The molecule has 0 amide bonds. The number of allylic oxidation sites excluding steroid dienone is 4. The minimum absolute atomic E-state index is 0.216. The van der Waals surface area contributed by atoms with Gasteiger partial charge < -0.3 is 9.64 Å². The highest BCUT2D eigenvalue weighted by Crippen LogP contribution is 2.62. The number of carbonyl (C=O) groups is 2. The van der Waals surface area contributed by atoms with Crippen LogP contribution in [0.2, 0.25) is 0 Å². The van der Waals surface area contributed by atoms with Crippen molar-refractivity contribution in [1.82, 2.24) is 4.90 Å². The molecule has 32 heavy (non-hydrogen) atoms. The number of ether oxygens (including phenoxy) is 1.